The lowest BCUT2D eigenvalue weighted by molar-refractivity contribution is -0.101. The lowest BCUT2D eigenvalue weighted by Gasteiger charge is -2.45. The van der Waals surface area contributed by atoms with Crippen LogP contribution in [-0.2, 0) is 30.9 Å². The zero-order valence-corrected chi connectivity index (χ0v) is 20.0. The van der Waals surface area contributed by atoms with E-state index in [1.807, 2.05) is 0 Å². The van der Waals surface area contributed by atoms with Crippen LogP contribution >= 0.6 is 0 Å². The van der Waals surface area contributed by atoms with Crippen molar-refractivity contribution in [3.8, 4) is 0 Å². The second-order valence-corrected chi connectivity index (χ2v) is 10.4. The quantitative estimate of drug-likeness (QED) is 0.646. The molecule has 3 aliphatic rings. The monoisotopic (exact) mass is 452 g/mol. The number of rotatable bonds is 7. The first-order valence-corrected chi connectivity index (χ1v) is 12.6. The van der Waals surface area contributed by atoms with Gasteiger partial charge < -0.3 is 4.74 Å². The summed E-state index contributed by atoms with van der Waals surface area (Å²) in [5, 5.41) is 0. The fourth-order valence-electron chi connectivity index (χ4n) is 6.18. The van der Waals surface area contributed by atoms with Gasteiger partial charge in [0.05, 0.1) is 12.2 Å². The topological polar surface area (TPSA) is 69.4 Å². The van der Waals surface area contributed by atoms with E-state index >= 15 is 0 Å². The molecule has 2 fully saturated rings. The van der Waals surface area contributed by atoms with Crippen molar-refractivity contribution in [3.05, 3.63) is 62.2 Å². The van der Waals surface area contributed by atoms with Crippen molar-refractivity contribution in [2.45, 2.75) is 103 Å². The van der Waals surface area contributed by atoms with Gasteiger partial charge in [0.2, 0.25) is 0 Å². The van der Waals surface area contributed by atoms with Crippen LogP contribution in [0.15, 0.2) is 33.9 Å². The molecule has 33 heavy (non-hydrogen) atoms. The van der Waals surface area contributed by atoms with Crippen LogP contribution < -0.4 is 11.4 Å². The summed E-state index contributed by atoms with van der Waals surface area (Å²) in [6.45, 7) is 7.12. The van der Waals surface area contributed by atoms with Gasteiger partial charge in [-0.2, -0.15) is 4.98 Å². The molecule has 178 valence electrons. The van der Waals surface area contributed by atoms with Crippen molar-refractivity contribution >= 4 is 0 Å². The van der Waals surface area contributed by atoms with E-state index < -0.39 is 0 Å². The highest BCUT2D eigenvalue weighted by atomic mass is 16.5. The van der Waals surface area contributed by atoms with Gasteiger partial charge in [-0.3, -0.25) is 9.47 Å². The van der Waals surface area contributed by atoms with E-state index in [9.17, 15) is 9.59 Å². The van der Waals surface area contributed by atoms with E-state index in [-0.39, 0.29) is 17.0 Å². The van der Waals surface area contributed by atoms with Crippen molar-refractivity contribution in [1.29, 1.82) is 0 Å². The van der Waals surface area contributed by atoms with Crippen LogP contribution in [0.5, 0.6) is 0 Å². The highest BCUT2D eigenvalue weighted by Crippen LogP contribution is 2.42. The Labute approximate surface area is 195 Å². The zero-order chi connectivity index (χ0) is 23.0. The van der Waals surface area contributed by atoms with Crippen LogP contribution in [0.4, 0.5) is 0 Å². The zero-order valence-electron chi connectivity index (χ0n) is 20.0. The third-order valence-electron chi connectivity index (χ3n) is 8.00. The van der Waals surface area contributed by atoms with Crippen LogP contribution in [0.25, 0.3) is 0 Å². The van der Waals surface area contributed by atoms with Gasteiger partial charge in [0.1, 0.15) is 5.82 Å². The number of aryl methyl sites for hydroxylation is 2. The highest BCUT2D eigenvalue weighted by molar-refractivity contribution is 5.24. The predicted octanol–water partition coefficient (Wildman–Crippen LogP) is 3.04. The Kier molecular flexibility index (Phi) is 6.27. The number of benzene rings is 1. The van der Waals surface area contributed by atoms with Crippen molar-refractivity contribution in [1.82, 2.24) is 19.0 Å². The first-order chi connectivity index (χ1) is 15.9. The molecule has 4 heterocycles. The average molecular weight is 453 g/mol. The molecule has 1 aromatic carbocycles. The molecular weight excluding hydrogens is 416 g/mol. The Hall–Kier alpha value is -2.25. The van der Waals surface area contributed by atoms with Gasteiger partial charge in [-0.1, -0.05) is 24.3 Å². The molecule has 2 atom stereocenters. The Bertz CT molecular complexity index is 1110. The van der Waals surface area contributed by atoms with Crippen molar-refractivity contribution in [2.75, 3.05) is 6.54 Å². The molecule has 2 bridgehead atoms. The largest absolute Gasteiger partial charge is 0.370 e. The van der Waals surface area contributed by atoms with Crippen molar-refractivity contribution < 1.29 is 4.74 Å². The lowest BCUT2D eigenvalue weighted by Crippen LogP contribution is -2.51. The van der Waals surface area contributed by atoms with Gasteiger partial charge >= 0.3 is 11.4 Å². The maximum absolute atomic E-state index is 12.8. The van der Waals surface area contributed by atoms with Crippen LogP contribution in [-0.4, -0.2) is 43.2 Å². The molecule has 1 aromatic heterocycles. The Morgan fingerprint density at radius 3 is 2.61 bits per heavy atom. The molecule has 3 aliphatic heterocycles. The van der Waals surface area contributed by atoms with Gasteiger partial charge in [-0.05, 0) is 69.9 Å². The average Bonchev–Trinajstić information content (AvgIpc) is 3.05. The van der Waals surface area contributed by atoms with Crippen LogP contribution in [0, 0.1) is 6.92 Å². The second-order valence-electron chi connectivity index (χ2n) is 10.4. The smallest absolute Gasteiger partial charge is 0.353 e. The summed E-state index contributed by atoms with van der Waals surface area (Å²) in [5.74, 6) is 0.659. The molecule has 2 saturated heterocycles. The van der Waals surface area contributed by atoms with E-state index in [0.29, 0.717) is 37.6 Å². The maximum Gasteiger partial charge on any atom is 0.353 e. The van der Waals surface area contributed by atoms with E-state index in [2.05, 4.69) is 48.0 Å². The Morgan fingerprint density at radius 1 is 1.09 bits per heavy atom. The molecular formula is C26H36N4O3. The molecule has 0 radical (unpaired) electrons. The number of hydrogen-bond acceptors (Lipinski definition) is 5. The second kappa shape index (κ2) is 9.18. The predicted molar refractivity (Wildman–Crippen MR) is 127 cm³/mol. The summed E-state index contributed by atoms with van der Waals surface area (Å²) >= 11 is 0. The van der Waals surface area contributed by atoms with Crippen molar-refractivity contribution in [2.24, 2.45) is 0 Å². The third-order valence-corrected chi connectivity index (χ3v) is 8.00. The standard InChI is InChI=1S/C26H36N4O3/c1-19-8-3-4-9-20(19)18-33-26(2)16-21-11-12-22(17-26)28(21)14-7-15-30-24(31)27-23-10-5-6-13-29(23)25(30)32/h3-4,8-9,21-22H,5-7,10-18H2,1-2H3. The molecule has 0 aliphatic carbocycles. The normalized spacial score (nSPS) is 27.0. The molecule has 7 nitrogen and oxygen atoms in total. The SMILES string of the molecule is Cc1ccccc1COC1(C)CC2CCC(C1)N2CCCn1c(=O)nc2n(c1=O)CCCC2. The van der Waals surface area contributed by atoms with Crippen molar-refractivity contribution in [3.63, 3.8) is 0 Å². The molecule has 2 unspecified atom stereocenters. The van der Waals surface area contributed by atoms with Crippen LogP contribution in [0.2, 0.25) is 0 Å². The first kappa shape index (κ1) is 22.5. The van der Waals surface area contributed by atoms with Gasteiger partial charge in [0, 0.05) is 38.1 Å². The number of piperidine rings is 1. The van der Waals surface area contributed by atoms with Crippen LogP contribution in [0.3, 0.4) is 0 Å². The summed E-state index contributed by atoms with van der Waals surface area (Å²) < 4.78 is 9.54. The van der Waals surface area contributed by atoms with Gasteiger partial charge in [-0.15, -0.1) is 0 Å². The maximum atomic E-state index is 12.8. The van der Waals surface area contributed by atoms with Crippen LogP contribution in [0.1, 0.15) is 68.8 Å². The molecule has 0 amide bonds. The van der Waals surface area contributed by atoms with E-state index in [0.717, 1.165) is 45.1 Å². The summed E-state index contributed by atoms with van der Waals surface area (Å²) in [6.07, 6.45) is 8.00. The minimum atomic E-state index is -0.382. The van der Waals surface area contributed by atoms with E-state index in [1.54, 1.807) is 4.57 Å². The van der Waals surface area contributed by atoms with E-state index in [4.69, 9.17) is 4.74 Å². The van der Waals surface area contributed by atoms with Gasteiger partial charge in [0.25, 0.3) is 0 Å². The van der Waals surface area contributed by atoms with Gasteiger partial charge in [0.15, 0.2) is 0 Å². The number of nitrogens with zero attached hydrogens (tertiary/aromatic N) is 4. The third kappa shape index (κ3) is 4.58. The minimum Gasteiger partial charge on any atom is -0.370 e. The Morgan fingerprint density at radius 2 is 1.85 bits per heavy atom. The molecule has 5 rings (SSSR count). The molecule has 0 saturated carbocycles. The molecule has 0 spiro atoms. The summed E-state index contributed by atoms with van der Waals surface area (Å²) in [6, 6.07) is 9.48. The Balaban J connectivity index is 1.19. The molecule has 0 N–H and O–H groups in total. The number of hydrogen-bond donors (Lipinski definition) is 0. The highest BCUT2D eigenvalue weighted by Gasteiger charge is 2.46. The minimum absolute atomic E-state index is 0.0945. The fourth-order valence-corrected chi connectivity index (χ4v) is 6.18. The summed E-state index contributed by atoms with van der Waals surface area (Å²) in [4.78, 5) is 32.1. The van der Waals surface area contributed by atoms with E-state index in [1.165, 1.54) is 28.5 Å². The first-order valence-electron chi connectivity index (χ1n) is 12.6. The molecule has 2 aromatic rings. The molecule has 7 heteroatoms. The number of ether oxygens (including phenoxy) is 1. The number of fused-ring (bicyclic) bond motifs is 3. The summed E-state index contributed by atoms with van der Waals surface area (Å²) in [7, 11) is 0. The summed E-state index contributed by atoms with van der Waals surface area (Å²) in [5.41, 5.74) is 1.90. The fraction of sp³-hybridized carbons (Fsp3) is 0.654. The lowest BCUT2D eigenvalue weighted by atomic mass is 9.87. The number of aromatic nitrogens is 3. The van der Waals surface area contributed by atoms with Gasteiger partial charge in [-0.25, -0.2) is 14.2 Å².